The molecule has 5 nitrogen and oxygen atoms in total. The number of anilines is 1. The number of benzene rings is 1. The maximum atomic E-state index is 12.6. The zero-order chi connectivity index (χ0) is 15.8. The third-order valence-corrected chi connectivity index (χ3v) is 4.48. The summed E-state index contributed by atoms with van der Waals surface area (Å²) in [6, 6.07) is 9.78. The van der Waals surface area contributed by atoms with Gasteiger partial charge in [0.05, 0.1) is 5.56 Å². The van der Waals surface area contributed by atoms with Crippen molar-refractivity contribution in [2.45, 2.75) is 32.6 Å². The Morgan fingerprint density at radius 2 is 2.00 bits per heavy atom. The van der Waals surface area contributed by atoms with Crippen LogP contribution in [0, 0.1) is 6.92 Å². The lowest BCUT2D eigenvalue weighted by Crippen LogP contribution is -2.16. The molecule has 1 aliphatic rings. The summed E-state index contributed by atoms with van der Waals surface area (Å²) in [6.45, 7) is 1.87. The van der Waals surface area contributed by atoms with Crippen molar-refractivity contribution in [1.29, 1.82) is 0 Å². The second-order valence-corrected chi connectivity index (χ2v) is 6.00. The van der Waals surface area contributed by atoms with Crippen molar-refractivity contribution in [1.82, 2.24) is 14.6 Å². The first-order valence-electron chi connectivity index (χ1n) is 7.96. The largest absolute Gasteiger partial charge is 0.322 e. The maximum Gasteiger partial charge on any atom is 0.257 e. The van der Waals surface area contributed by atoms with E-state index in [1.54, 1.807) is 12.3 Å². The number of aromatic nitrogens is 3. The van der Waals surface area contributed by atoms with Crippen LogP contribution < -0.4 is 5.32 Å². The molecule has 0 spiro atoms. The Morgan fingerprint density at radius 3 is 2.91 bits per heavy atom. The first kappa shape index (κ1) is 13.9. The molecule has 0 unspecified atom stereocenters. The Labute approximate surface area is 134 Å². The van der Waals surface area contributed by atoms with Crippen LogP contribution in [0.4, 0.5) is 5.69 Å². The molecule has 0 saturated heterocycles. The molecule has 116 valence electrons. The molecule has 1 aromatic carbocycles. The molecular weight excluding hydrogens is 288 g/mol. The van der Waals surface area contributed by atoms with Gasteiger partial charge < -0.3 is 5.32 Å². The monoisotopic (exact) mass is 306 g/mol. The van der Waals surface area contributed by atoms with Gasteiger partial charge in [-0.15, -0.1) is 10.2 Å². The smallest absolute Gasteiger partial charge is 0.257 e. The highest BCUT2D eigenvalue weighted by atomic mass is 16.1. The van der Waals surface area contributed by atoms with Crippen LogP contribution in [0.15, 0.2) is 36.5 Å². The number of carbonyl (C=O) groups is 1. The molecule has 0 aliphatic heterocycles. The first-order valence-corrected chi connectivity index (χ1v) is 7.96. The van der Waals surface area contributed by atoms with Gasteiger partial charge in [-0.1, -0.05) is 12.1 Å². The Hall–Kier alpha value is -2.69. The zero-order valence-corrected chi connectivity index (χ0v) is 13.0. The van der Waals surface area contributed by atoms with Crippen LogP contribution in [0.1, 0.15) is 40.2 Å². The lowest BCUT2D eigenvalue weighted by Gasteiger charge is -2.19. The first-order chi connectivity index (χ1) is 11.2. The highest BCUT2D eigenvalue weighted by molar-refractivity contribution is 6.04. The van der Waals surface area contributed by atoms with Crippen molar-refractivity contribution in [3.63, 3.8) is 0 Å². The van der Waals surface area contributed by atoms with Gasteiger partial charge in [0, 0.05) is 11.9 Å². The van der Waals surface area contributed by atoms with Gasteiger partial charge in [0.25, 0.3) is 5.91 Å². The van der Waals surface area contributed by atoms with E-state index in [1.807, 2.05) is 29.5 Å². The third-order valence-electron chi connectivity index (χ3n) is 4.48. The Balaban J connectivity index is 1.65. The van der Waals surface area contributed by atoms with Crippen LogP contribution in [-0.4, -0.2) is 20.5 Å². The summed E-state index contributed by atoms with van der Waals surface area (Å²) < 4.78 is 1.83. The summed E-state index contributed by atoms with van der Waals surface area (Å²) >= 11 is 0. The van der Waals surface area contributed by atoms with Crippen molar-refractivity contribution in [2.75, 3.05) is 5.32 Å². The number of nitrogens with one attached hydrogen (secondary N) is 1. The number of hydrogen-bond acceptors (Lipinski definition) is 3. The lowest BCUT2D eigenvalue weighted by atomic mass is 9.90. The summed E-state index contributed by atoms with van der Waals surface area (Å²) in [6.07, 6.45) is 6.34. The van der Waals surface area contributed by atoms with Gasteiger partial charge >= 0.3 is 0 Å². The van der Waals surface area contributed by atoms with Crippen molar-refractivity contribution in [3.05, 3.63) is 59.0 Å². The van der Waals surface area contributed by atoms with Crippen molar-refractivity contribution in [2.24, 2.45) is 0 Å². The Morgan fingerprint density at radius 1 is 1.13 bits per heavy atom. The zero-order valence-electron chi connectivity index (χ0n) is 13.0. The Bertz CT molecular complexity index is 897. The van der Waals surface area contributed by atoms with E-state index in [2.05, 4.69) is 21.6 Å². The van der Waals surface area contributed by atoms with Gasteiger partial charge in [0.15, 0.2) is 5.65 Å². The number of nitrogens with zero attached hydrogens (tertiary/aromatic N) is 3. The average molecular weight is 306 g/mol. The molecule has 0 saturated carbocycles. The molecular formula is C18H18N4O. The second kappa shape index (κ2) is 5.50. The van der Waals surface area contributed by atoms with Crippen LogP contribution in [0.3, 0.4) is 0 Å². The fourth-order valence-corrected chi connectivity index (χ4v) is 3.23. The van der Waals surface area contributed by atoms with Crippen molar-refractivity contribution >= 4 is 17.2 Å². The molecule has 0 radical (unpaired) electrons. The van der Waals surface area contributed by atoms with Crippen molar-refractivity contribution < 1.29 is 4.79 Å². The number of pyridine rings is 1. The molecule has 0 atom stereocenters. The quantitative estimate of drug-likeness (QED) is 0.791. The van der Waals surface area contributed by atoms with Crippen LogP contribution in [0.25, 0.3) is 5.65 Å². The van der Waals surface area contributed by atoms with E-state index >= 15 is 0 Å². The van der Waals surface area contributed by atoms with Crippen molar-refractivity contribution in [3.8, 4) is 0 Å². The van der Waals surface area contributed by atoms with E-state index in [4.69, 9.17) is 0 Å². The molecule has 23 heavy (non-hydrogen) atoms. The van der Waals surface area contributed by atoms with Gasteiger partial charge in [0.2, 0.25) is 0 Å². The fraction of sp³-hybridized carbons (Fsp3) is 0.278. The number of aryl methyl sites for hydroxylation is 2. The van der Waals surface area contributed by atoms with E-state index in [1.165, 1.54) is 24.0 Å². The van der Waals surface area contributed by atoms with E-state index in [0.717, 1.165) is 30.0 Å². The molecule has 4 rings (SSSR count). The van der Waals surface area contributed by atoms with Gasteiger partial charge in [-0.05, 0) is 61.9 Å². The maximum absolute atomic E-state index is 12.6. The standard InChI is InChI=1S/C18H18N4O/c1-12-20-21-17-10-9-14(11-22(12)17)18(23)19-16-8-4-6-13-5-2-3-7-15(13)16/h4,6,8-11H,2-3,5,7H2,1H3,(H,19,23). The molecule has 1 amide bonds. The van der Waals surface area contributed by atoms with Crippen LogP contribution in [0.2, 0.25) is 0 Å². The summed E-state index contributed by atoms with van der Waals surface area (Å²) in [4.78, 5) is 12.6. The number of amides is 1. The molecule has 1 aliphatic carbocycles. The molecule has 0 bridgehead atoms. The SMILES string of the molecule is Cc1nnc2ccc(C(=O)Nc3cccc4c3CCCC4)cn12. The highest BCUT2D eigenvalue weighted by Crippen LogP contribution is 2.28. The molecule has 2 heterocycles. The van der Waals surface area contributed by atoms with Crippen LogP contribution >= 0.6 is 0 Å². The topological polar surface area (TPSA) is 59.3 Å². The number of rotatable bonds is 2. The normalized spacial score (nSPS) is 13.8. The average Bonchev–Trinajstić information content (AvgIpc) is 2.96. The summed E-state index contributed by atoms with van der Waals surface area (Å²) in [5.74, 6) is 0.672. The second-order valence-electron chi connectivity index (χ2n) is 6.00. The van der Waals surface area contributed by atoms with E-state index in [0.29, 0.717) is 5.56 Å². The minimum absolute atomic E-state index is 0.0982. The fourth-order valence-electron chi connectivity index (χ4n) is 3.23. The van der Waals surface area contributed by atoms with Gasteiger partial charge in [0.1, 0.15) is 5.82 Å². The summed E-state index contributed by atoms with van der Waals surface area (Å²) in [7, 11) is 0. The predicted molar refractivity (Wildman–Crippen MR) is 88.8 cm³/mol. The highest BCUT2D eigenvalue weighted by Gasteiger charge is 2.15. The predicted octanol–water partition coefficient (Wildman–Crippen LogP) is 3.17. The minimum Gasteiger partial charge on any atom is -0.322 e. The summed E-state index contributed by atoms with van der Waals surface area (Å²) in [5.41, 5.74) is 4.94. The molecule has 2 aromatic heterocycles. The lowest BCUT2D eigenvalue weighted by molar-refractivity contribution is 0.102. The molecule has 3 aromatic rings. The van der Waals surface area contributed by atoms with E-state index in [-0.39, 0.29) is 5.91 Å². The number of carbonyl (C=O) groups excluding carboxylic acids is 1. The third kappa shape index (κ3) is 2.48. The number of hydrogen-bond donors (Lipinski definition) is 1. The number of fused-ring (bicyclic) bond motifs is 2. The molecule has 1 N–H and O–H groups in total. The molecule has 0 fully saturated rings. The summed E-state index contributed by atoms with van der Waals surface area (Å²) in [5, 5.41) is 11.1. The van der Waals surface area contributed by atoms with Gasteiger partial charge in [-0.2, -0.15) is 0 Å². The van der Waals surface area contributed by atoms with Crippen LogP contribution in [0.5, 0.6) is 0 Å². The van der Waals surface area contributed by atoms with E-state index in [9.17, 15) is 4.79 Å². The minimum atomic E-state index is -0.0982. The Kier molecular flexibility index (Phi) is 3.33. The molecule has 5 heteroatoms. The van der Waals surface area contributed by atoms with E-state index < -0.39 is 0 Å². The van der Waals surface area contributed by atoms with Gasteiger partial charge in [-0.3, -0.25) is 9.20 Å². The van der Waals surface area contributed by atoms with Crippen LogP contribution in [-0.2, 0) is 12.8 Å². The van der Waals surface area contributed by atoms with Gasteiger partial charge in [-0.25, -0.2) is 0 Å².